The number of aryl methyl sites for hydroxylation is 2. The summed E-state index contributed by atoms with van der Waals surface area (Å²) in [5.41, 5.74) is 2.56. The van der Waals surface area contributed by atoms with Crippen molar-refractivity contribution in [2.45, 2.75) is 70.7 Å². The van der Waals surface area contributed by atoms with Crippen LogP contribution in [0, 0.1) is 13.8 Å². The largest absolute Gasteiger partial charge is 0.354 e. The third-order valence-electron chi connectivity index (χ3n) is 6.14. The molecule has 2 saturated heterocycles. The van der Waals surface area contributed by atoms with Crippen LogP contribution in [0.3, 0.4) is 0 Å². The molecule has 0 radical (unpaired) electrons. The van der Waals surface area contributed by atoms with E-state index in [0.717, 1.165) is 29.8 Å². The number of guanidine groups is 1. The third kappa shape index (κ3) is 4.39. The standard InChI is InChI=1S/C22H31N5S/c1-15-16(2)28-21(25-15)13-24-22(23-3)26-18-11-19-9-10-20(12-18)27(19)14-17-7-5-4-6-8-17/h4-8,18-20H,9-14H2,1-3H3,(H2,23,24,26). The van der Waals surface area contributed by atoms with Gasteiger partial charge in [0.25, 0.3) is 0 Å². The highest BCUT2D eigenvalue weighted by Crippen LogP contribution is 2.36. The van der Waals surface area contributed by atoms with Gasteiger partial charge in [0.05, 0.1) is 12.2 Å². The smallest absolute Gasteiger partial charge is 0.191 e. The minimum atomic E-state index is 0.496. The molecule has 150 valence electrons. The van der Waals surface area contributed by atoms with Crippen molar-refractivity contribution < 1.29 is 0 Å². The summed E-state index contributed by atoms with van der Waals surface area (Å²) in [6, 6.07) is 12.7. The SMILES string of the molecule is CN=C(NCc1nc(C)c(C)s1)NC1CC2CCC(C1)N2Cc1ccccc1. The Morgan fingerprint density at radius 1 is 1.18 bits per heavy atom. The molecular formula is C22H31N5S. The summed E-state index contributed by atoms with van der Waals surface area (Å²) < 4.78 is 0. The minimum absolute atomic E-state index is 0.496. The van der Waals surface area contributed by atoms with E-state index in [9.17, 15) is 0 Å². The lowest BCUT2D eigenvalue weighted by Gasteiger charge is -2.39. The van der Waals surface area contributed by atoms with Gasteiger partial charge in [-0.3, -0.25) is 9.89 Å². The van der Waals surface area contributed by atoms with Crippen molar-refractivity contribution in [2.75, 3.05) is 7.05 Å². The second-order valence-corrected chi connectivity index (χ2v) is 9.32. The Morgan fingerprint density at radius 3 is 2.50 bits per heavy atom. The lowest BCUT2D eigenvalue weighted by molar-refractivity contribution is 0.114. The zero-order valence-corrected chi connectivity index (χ0v) is 17.9. The number of piperidine rings is 1. The average Bonchev–Trinajstić information content (AvgIpc) is 3.13. The average molecular weight is 398 g/mol. The molecule has 0 saturated carbocycles. The van der Waals surface area contributed by atoms with Gasteiger partial charge >= 0.3 is 0 Å². The molecule has 2 aliphatic rings. The Hall–Kier alpha value is -1.92. The number of aromatic nitrogens is 1. The molecule has 2 bridgehead atoms. The van der Waals surface area contributed by atoms with E-state index in [2.05, 4.69) is 69.7 Å². The summed E-state index contributed by atoms with van der Waals surface area (Å²) >= 11 is 1.76. The lowest BCUT2D eigenvalue weighted by Crippen LogP contribution is -2.52. The van der Waals surface area contributed by atoms with Crippen LogP contribution in [-0.2, 0) is 13.1 Å². The van der Waals surface area contributed by atoms with Crippen molar-refractivity contribution in [2.24, 2.45) is 4.99 Å². The van der Waals surface area contributed by atoms with E-state index in [4.69, 9.17) is 0 Å². The molecule has 28 heavy (non-hydrogen) atoms. The van der Waals surface area contributed by atoms with Crippen molar-refractivity contribution in [1.82, 2.24) is 20.5 Å². The first-order chi connectivity index (χ1) is 13.6. The van der Waals surface area contributed by atoms with Gasteiger partial charge in [-0.15, -0.1) is 11.3 Å². The van der Waals surface area contributed by atoms with Crippen LogP contribution in [0.4, 0.5) is 0 Å². The normalized spacial score (nSPS) is 25.1. The molecule has 6 heteroatoms. The van der Waals surface area contributed by atoms with E-state index in [1.165, 1.54) is 36.1 Å². The quantitative estimate of drug-likeness (QED) is 0.598. The molecule has 3 heterocycles. The summed E-state index contributed by atoms with van der Waals surface area (Å²) in [6.07, 6.45) is 5.03. The summed E-state index contributed by atoms with van der Waals surface area (Å²) in [4.78, 5) is 13.1. The second kappa shape index (κ2) is 8.62. The highest BCUT2D eigenvalue weighted by Gasteiger charge is 2.40. The molecule has 2 aromatic rings. The van der Waals surface area contributed by atoms with Crippen LogP contribution in [0.25, 0.3) is 0 Å². The second-order valence-electron chi connectivity index (χ2n) is 8.03. The Labute approximate surface area is 172 Å². The molecule has 2 N–H and O–H groups in total. The number of benzene rings is 1. The third-order valence-corrected chi connectivity index (χ3v) is 7.21. The van der Waals surface area contributed by atoms with Crippen molar-refractivity contribution in [3.05, 3.63) is 51.5 Å². The number of hydrogen-bond acceptors (Lipinski definition) is 4. The maximum Gasteiger partial charge on any atom is 0.191 e. The molecule has 4 rings (SSSR count). The van der Waals surface area contributed by atoms with E-state index >= 15 is 0 Å². The molecule has 2 aliphatic heterocycles. The number of nitrogens with zero attached hydrogens (tertiary/aromatic N) is 3. The number of rotatable bonds is 5. The monoisotopic (exact) mass is 397 g/mol. The van der Waals surface area contributed by atoms with Crippen molar-refractivity contribution >= 4 is 17.3 Å². The fraction of sp³-hybridized carbons (Fsp3) is 0.545. The van der Waals surface area contributed by atoms with Gasteiger partial charge in [0.15, 0.2) is 5.96 Å². The summed E-state index contributed by atoms with van der Waals surface area (Å²) in [5.74, 6) is 0.895. The van der Waals surface area contributed by atoms with E-state index in [-0.39, 0.29) is 0 Å². The van der Waals surface area contributed by atoms with Crippen LogP contribution in [0.15, 0.2) is 35.3 Å². The van der Waals surface area contributed by atoms with E-state index in [1.807, 2.05) is 7.05 Å². The summed E-state index contributed by atoms with van der Waals surface area (Å²) in [6.45, 7) is 6.02. The van der Waals surface area contributed by atoms with Crippen molar-refractivity contribution in [1.29, 1.82) is 0 Å². The molecule has 1 aromatic carbocycles. The molecule has 5 nitrogen and oxygen atoms in total. The van der Waals surface area contributed by atoms with Gasteiger partial charge in [-0.2, -0.15) is 0 Å². The number of hydrogen-bond donors (Lipinski definition) is 2. The van der Waals surface area contributed by atoms with Gasteiger partial charge in [0, 0.05) is 36.6 Å². The van der Waals surface area contributed by atoms with E-state index < -0.39 is 0 Å². The highest BCUT2D eigenvalue weighted by molar-refractivity contribution is 7.11. The van der Waals surface area contributed by atoms with Crippen LogP contribution >= 0.6 is 11.3 Å². The van der Waals surface area contributed by atoms with Crippen LogP contribution in [0.2, 0.25) is 0 Å². The van der Waals surface area contributed by atoms with Crippen molar-refractivity contribution in [3.63, 3.8) is 0 Å². The maximum atomic E-state index is 4.61. The van der Waals surface area contributed by atoms with Gasteiger partial charge in [-0.05, 0) is 45.1 Å². The Morgan fingerprint density at radius 2 is 1.89 bits per heavy atom. The molecule has 2 unspecified atom stereocenters. The van der Waals surface area contributed by atoms with Gasteiger partial charge in [0.2, 0.25) is 0 Å². The molecule has 0 amide bonds. The molecular weight excluding hydrogens is 366 g/mol. The van der Waals surface area contributed by atoms with Gasteiger partial charge < -0.3 is 10.6 Å². The van der Waals surface area contributed by atoms with E-state index in [1.54, 1.807) is 11.3 Å². The number of fused-ring (bicyclic) bond motifs is 2. The Bertz CT molecular complexity index is 782. The number of thiazole rings is 1. The van der Waals surface area contributed by atoms with Crippen LogP contribution in [0.5, 0.6) is 0 Å². The Kier molecular flexibility index (Phi) is 5.97. The zero-order valence-electron chi connectivity index (χ0n) is 17.1. The maximum absolute atomic E-state index is 4.61. The fourth-order valence-electron chi connectivity index (χ4n) is 4.61. The fourth-order valence-corrected chi connectivity index (χ4v) is 5.48. The minimum Gasteiger partial charge on any atom is -0.354 e. The number of aliphatic imine (C=N–C) groups is 1. The predicted molar refractivity (Wildman–Crippen MR) is 117 cm³/mol. The molecule has 2 atom stereocenters. The molecule has 0 aliphatic carbocycles. The van der Waals surface area contributed by atoms with Crippen LogP contribution in [-0.4, -0.2) is 41.0 Å². The van der Waals surface area contributed by atoms with E-state index in [0.29, 0.717) is 18.1 Å². The highest BCUT2D eigenvalue weighted by atomic mass is 32.1. The first-order valence-corrected chi connectivity index (χ1v) is 11.1. The Balaban J connectivity index is 1.31. The van der Waals surface area contributed by atoms with Crippen LogP contribution < -0.4 is 10.6 Å². The molecule has 0 spiro atoms. The zero-order chi connectivity index (χ0) is 19.5. The topological polar surface area (TPSA) is 52.6 Å². The molecule has 1 aromatic heterocycles. The first kappa shape index (κ1) is 19.4. The number of nitrogens with one attached hydrogen (secondary N) is 2. The van der Waals surface area contributed by atoms with Crippen LogP contribution in [0.1, 0.15) is 46.8 Å². The van der Waals surface area contributed by atoms with Gasteiger partial charge in [-0.25, -0.2) is 4.98 Å². The predicted octanol–water partition coefficient (Wildman–Crippen LogP) is 3.62. The van der Waals surface area contributed by atoms with Gasteiger partial charge in [-0.1, -0.05) is 30.3 Å². The summed E-state index contributed by atoms with van der Waals surface area (Å²) in [7, 11) is 1.85. The van der Waals surface area contributed by atoms with Crippen molar-refractivity contribution in [3.8, 4) is 0 Å². The molecule has 2 fully saturated rings. The lowest BCUT2D eigenvalue weighted by atomic mass is 9.96. The first-order valence-electron chi connectivity index (χ1n) is 10.3. The van der Waals surface area contributed by atoms with Gasteiger partial charge in [0.1, 0.15) is 5.01 Å². The summed E-state index contributed by atoms with van der Waals surface area (Å²) in [5, 5.41) is 8.24.